The summed E-state index contributed by atoms with van der Waals surface area (Å²) in [5, 5.41) is 19.2. The van der Waals surface area contributed by atoms with Crippen LogP contribution in [0.2, 0.25) is 0 Å². The van der Waals surface area contributed by atoms with Crippen LogP contribution in [-0.2, 0) is 4.74 Å². The van der Waals surface area contributed by atoms with Gasteiger partial charge in [-0.2, -0.15) is 10.2 Å². The lowest BCUT2D eigenvalue weighted by atomic mass is 10.3. The Morgan fingerprint density at radius 3 is 2.36 bits per heavy atom. The predicted molar refractivity (Wildman–Crippen MR) is 134 cm³/mol. The molecular weight excluding hydrogens is 436 g/mol. The fourth-order valence-electron chi connectivity index (χ4n) is 3.09. The number of aryl methyl sites for hydroxylation is 1. The molecule has 0 aliphatic carbocycles. The molecule has 1 aromatic heterocycles. The number of azo groups is 1. The lowest BCUT2D eigenvalue weighted by Crippen LogP contribution is -2.44. The Kier molecular flexibility index (Phi) is 7.72. The van der Waals surface area contributed by atoms with Crippen molar-refractivity contribution in [3.05, 3.63) is 66.4 Å². The van der Waals surface area contributed by atoms with Gasteiger partial charge in [-0.1, -0.05) is 47.7 Å². The van der Waals surface area contributed by atoms with Crippen molar-refractivity contribution in [2.45, 2.75) is 13.8 Å². The quantitative estimate of drug-likeness (QED) is 0.212. The van der Waals surface area contributed by atoms with E-state index in [1.54, 1.807) is 0 Å². The molecule has 3 aromatic rings. The Bertz CT molecular complexity index is 1120. The maximum absolute atomic E-state index is 5.49. The summed E-state index contributed by atoms with van der Waals surface area (Å²) in [6, 6.07) is 19.5. The normalized spacial score (nSPS) is 15.2. The first-order valence-electron chi connectivity index (χ1n) is 10.7. The van der Waals surface area contributed by atoms with Gasteiger partial charge in [-0.3, -0.25) is 10.9 Å². The topological polar surface area (TPSA) is 98.9 Å². The van der Waals surface area contributed by atoms with Gasteiger partial charge in [0.05, 0.1) is 30.3 Å². The molecule has 9 nitrogen and oxygen atoms in total. The van der Waals surface area contributed by atoms with Gasteiger partial charge >= 0.3 is 0 Å². The average Bonchev–Trinajstić information content (AvgIpc) is 3.23. The number of thiazole rings is 1. The fraction of sp³-hybridized carbons (Fsp3) is 0.261. The Morgan fingerprint density at radius 1 is 0.939 bits per heavy atom. The molecule has 2 N–H and O–H groups in total. The van der Waals surface area contributed by atoms with Crippen LogP contribution >= 0.6 is 11.3 Å². The highest BCUT2D eigenvalue weighted by Gasteiger charge is 2.18. The van der Waals surface area contributed by atoms with Crippen molar-refractivity contribution in [1.29, 1.82) is 0 Å². The molecule has 1 aliphatic rings. The molecule has 170 valence electrons. The minimum absolute atomic E-state index is 0.645. The zero-order valence-corrected chi connectivity index (χ0v) is 19.4. The van der Waals surface area contributed by atoms with Gasteiger partial charge in [0.25, 0.3) is 0 Å². The van der Waals surface area contributed by atoms with Gasteiger partial charge in [0, 0.05) is 13.1 Å². The number of nitrogens with one attached hydrogen (secondary N) is 2. The van der Waals surface area contributed by atoms with Crippen LogP contribution in [0.3, 0.4) is 0 Å². The number of nitrogens with zero attached hydrogens (tertiary/aromatic N) is 6. The molecule has 0 spiro atoms. The van der Waals surface area contributed by atoms with E-state index < -0.39 is 0 Å². The summed E-state index contributed by atoms with van der Waals surface area (Å²) in [4.78, 5) is 6.68. The summed E-state index contributed by atoms with van der Waals surface area (Å²) in [5.41, 5.74) is 9.41. The molecule has 33 heavy (non-hydrogen) atoms. The largest absolute Gasteiger partial charge is 0.378 e. The Balaban J connectivity index is 1.48. The third kappa shape index (κ3) is 6.43. The molecular formula is C23H26N8OS. The van der Waals surface area contributed by atoms with Crippen molar-refractivity contribution in [2.75, 3.05) is 37.2 Å². The number of rotatable bonds is 7. The maximum atomic E-state index is 5.49. The summed E-state index contributed by atoms with van der Waals surface area (Å²) >= 11 is 1.40. The molecule has 1 aliphatic heterocycles. The minimum Gasteiger partial charge on any atom is -0.378 e. The van der Waals surface area contributed by atoms with Crippen LogP contribution in [0.4, 0.5) is 21.5 Å². The molecule has 2 heterocycles. The van der Waals surface area contributed by atoms with Gasteiger partial charge in [0.1, 0.15) is 5.71 Å². The zero-order chi connectivity index (χ0) is 22.9. The lowest BCUT2D eigenvalue weighted by Gasteiger charge is -2.29. The second kappa shape index (κ2) is 11.3. The lowest BCUT2D eigenvalue weighted by molar-refractivity contribution is 0.0688. The summed E-state index contributed by atoms with van der Waals surface area (Å²) in [7, 11) is 0. The highest BCUT2D eigenvalue weighted by atomic mass is 32.1. The molecule has 2 aromatic carbocycles. The van der Waals surface area contributed by atoms with Crippen LogP contribution in [0, 0.1) is 6.92 Å². The zero-order valence-electron chi connectivity index (χ0n) is 18.6. The number of morpholine rings is 1. The van der Waals surface area contributed by atoms with E-state index >= 15 is 0 Å². The van der Waals surface area contributed by atoms with E-state index in [9.17, 15) is 0 Å². The molecule has 0 unspecified atom stereocenters. The SMILES string of the molecule is CC(=N\Nc1nc(C)c(N=Nc2ccccc2)s1)/C(=N/Nc1ccccc1)N1CCOCC1. The molecule has 0 amide bonds. The van der Waals surface area contributed by atoms with E-state index in [2.05, 4.69) is 41.2 Å². The van der Waals surface area contributed by atoms with Crippen LogP contribution in [-0.4, -0.2) is 47.7 Å². The number of anilines is 2. The predicted octanol–water partition coefficient (Wildman–Crippen LogP) is 5.41. The molecule has 4 rings (SSSR count). The van der Waals surface area contributed by atoms with E-state index in [0.717, 1.165) is 46.7 Å². The Labute approximate surface area is 196 Å². The highest BCUT2D eigenvalue weighted by Crippen LogP contribution is 2.32. The van der Waals surface area contributed by atoms with Crippen molar-refractivity contribution in [3.8, 4) is 0 Å². The molecule has 0 atom stereocenters. The van der Waals surface area contributed by atoms with E-state index in [4.69, 9.17) is 4.74 Å². The van der Waals surface area contributed by atoms with E-state index in [0.29, 0.717) is 18.3 Å². The third-order valence-electron chi connectivity index (χ3n) is 4.80. The van der Waals surface area contributed by atoms with Crippen molar-refractivity contribution in [2.24, 2.45) is 20.4 Å². The number of aromatic nitrogens is 1. The van der Waals surface area contributed by atoms with E-state index in [1.165, 1.54) is 11.3 Å². The van der Waals surface area contributed by atoms with Crippen LogP contribution in [0.5, 0.6) is 0 Å². The Hall–Kier alpha value is -3.63. The van der Waals surface area contributed by atoms with E-state index in [1.807, 2.05) is 74.5 Å². The van der Waals surface area contributed by atoms with Crippen molar-refractivity contribution < 1.29 is 4.74 Å². The summed E-state index contributed by atoms with van der Waals surface area (Å²) in [6.45, 7) is 6.65. The fourth-order valence-corrected chi connectivity index (χ4v) is 3.83. The summed E-state index contributed by atoms with van der Waals surface area (Å²) in [5.74, 6) is 0.756. The standard InChI is InChI=1S/C23H26N8OS/c1-17(21(31-13-15-32-16-14-31)28-26-19-9-5-3-6-10-19)25-30-23-24-18(2)22(33-23)29-27-20-11-7-4-8-12-20/h3-12,26H,13-16H2,1-2H3,(H,24,30)/b25-17+,28-21-,29-27?. The molecule has 0 bridgehead atoms. The molecule has 1 fully saturated rings. The van der Waals surface area contributed by atoms with Crippen LogP contribution in [0.1, 0.15) is 12.6 Å². The first-order valence-corrected chi connectivity index (χ1v) is 11.5. The Morgan fingerprint density at radius 2 is 1.64 bits per heavy atom. The van der Waals surface area contributed by atoms with Crippen LogP contribution in [0.15, 0.2) is 81.1 Å². The van der Waals surface area contributed by atoms with Crippen molar-refractivity contribution in [1.82, 2.24) is 9.88 Å². The smallest absolute Gasteiger partial charge is 0.205 e. The molecule has 1 saturated heterocycles. The molecule has 0 radical (unpaired) electrons. The average molecular weight is 463 g/mol. The van der Waals surface area contributed by atoms with Gasteiger partial charge in [-0.25, -0.2) is 4.98 Å². The number of amidine groups is 1. The monoisotopic (exact) mass is 462 g/mol. The van der Waals surface area contributed by atoms with Gasteiger partial charge < -0.3 is 9.64 Å². The number of benzene rings is 2. The minimum atomic E-state index is 0.645. The summed E-state index contributed by atoms with van der Waals surface area (Å²) in [6.07, 6.45) is 0. The van der Waals surface area contributed by atoms with Gasteiger partial charge in [0.15, 0.2) is 10.8 Å². The van der Waals surface area contributed by atoms with Gasteiger partial charge in [0.2, 0.25) is 5.13 Å². The number of hydrogen-bond donors (Lipinski definition) is 2. The number of hydrazone groups is 2. The second-order valence-corrected chi connectivity index (χ2v) is 8.24. The number of para-hydroxylation sites is 1. The van der Waals surface area contributed by atoms with Gasteiger partial charge in [-0.05, 0) is 38.1 Å². The highest BCUT2D eigenvalue weighted by molar-refractivity contribution is 7.19. The van der Waals surface area contributed by atoms with Crippen molar-refractivity contribution >= 4 is 44.4 Å². The molecule has 10 heteroatoms. The number of ether oxygens (including phenoxy) is 1. The first-order chi connectivity index (χ1) is 16.2. The second-order valence-electron chi connectivity index (χ2n) is 7.27. The number of hydrogen-bond acceptors (Lipinski definition) is 9. The maximum Gasteiger partial charge on any atom is 0.205 e. The first kappa shape index (κ1) is 22.6. The third-order valence-corrected chi connectivity index (χ3v) is 5.75. The van der Waals surface area contributed by atoms with Crippen molar-refractivity contribution in [3.63, 3.8) is 0 Å². The van der Waals surface area contributed by atoms with Crippen LogP contribution in [0.25, 0.3) is 0 Å². The molecule has 0 saturated carbocycles. The summed E-state index contributed by atoms with van der Waals surface area (Å²) < 4.78 is 5.49. The van der Waals surface area contributed by atoms with E-state index in [-0.39, 0.29) is 0 Å². The van der Waals surface area contributed by atoms with Crippen LogP contribution < -0.4 is 10.9 Å². The van der Waals surface area contributed by atoms with Gasteiger partial charge in [-0.15, -0.1) is 10.2 Å².